The SMILES string of the molecule is CC(C)(C)c1nc(-c2cccc([N+](=O)[O-])c2)c[nH]1. The average molecular weight is 245 g/mol. The number of nitro benzene ring substituents is 1. The predicted molar refractivity (Wildman–Crippen MR) is 69.4 cm³/mol. The lowest BCUT2D eigenvalue weighted by Crippen LogP contribution is -2.13. The van der Waals surface area contributed by atoms with Crippen LogP contribution in [0.25, 0.3) is 11.3 Å². The van der Waals surface area contributed by atoms with Crippen LogP contribution in [0.15, 0.2) is 30.5 Å². The zero-order chi connectivity index (χ0) is 13.3. The predicted octanol–water partition coefficient (Wildman–Crippen LogP) is 3.28. The molecule has 2 rings (SSSR count). The summed E-state index contributed by atoms with van der Waals surface area (Å²) in [5.41, 5.74) is 1.48. The lowest BCUT2D eigenvalue weighted by molar-refractivity contribution is -0.384. The molecule has 5 nitrogen and oxygen atoms in total. The zero-order valence-corrected chi connectivity index (χ0v) is 10.6. The van der Waals surface area contributed by atoms with E-state index < -0.39 is 4.92 Å². The van der Waals surface area contributed by atoms with Gasteiger partial charge in [-0.3, -0.25) is 10.1 Å². The zero-order valence-electron chi connectivity index (χ0n) is 10.6. The number of non-ortho nitro benzene ring substituents is 1. The summed E-state index contributed by atoms with van der Waals surface area (Å²) in [5.74, 6) is 0.865. The Kier molecular flexibility index (Phi) is 2.90. The Balaban J connectivity index is 2.40. The van der Waals surface area contributed by atoms with E-state index in [-0.39, 0.29) is 11.1 Å². The van der Waals surface area contributed by atoms with Gasteiger partial charge in [0.05, 0.1) is 10.6 Å². The van der Waals surface area contributed by atoms with Crippen molar-refractivity contribution < 1.29 is 4.92 Å². The molecule has 0 fully saturated rings. The Labute approximate surface area is 105 Å². The molecule has 1 N–H and O–H groups in total. The van der Waals surface area contributed by atoms with Gasteiger partial charge in [-0.1, -0.05) is 32.9 Å². The van der Waals surface area contributed by atoms with E-state index in [1.165, 1.54) is 12.1 Å². The van der Waals surface area contributed by atoms with Crippen LogP contribution in [-0.4, -0.2) is 14.9 Å². The van der Waals surface area contributed by atoms with Crippen molar-refractivity contribution in [1.29, 1.82) is 0 Å². The Morgan fingerprint density at radius 1 is 1.33 bits per heavy atom. The van der Waals surface area contributed by atoms with Gasteiger partial charge >= 0.3 is 0 Å². The van der Waals surface area contributed by atoms with E-state index in [0.717, 1.165) is 17.1 Å². The summed E-state index contributed by atoms with van der Waals surface area (Å²) in [4.78, 5) is 17.9. The van der Waals surface area contributed by atoms with Crippen molar-refractivity contribution >= 4 is 5.69 Å². The molecule has 1 aromatic carbocycles. The van der Waals surface area contributed by atoms with Gasteiger partial charge in [0.15, 0.2) is 0 Å². The number of hydrogen-bond donors (Lipinski definition) is 1. The third-order valence-corrected chi connectivity index (χ3v) is 2.64. The van der Waals surface area contributed by atoms with Crippen molar-refractivity contribution in [3.05, 3.63) is 46.4 Å². The molecule has 0 radical (unpaired) electrons. The van der Waals surface area contributed by atoms with Gasteiger partial charge in [-0.2, -0.15) is 0 Å². The van der Waals surface area contributed by atoms with E-state index in [2.05, 4.69) is 30.7 Å². The molecule has 94 valence electrons. The molecule has 18 heavy (non-hydrogen) atoms. The first-order chi connectivity index (χ1) is 8.38. The van der Waals surface area contributed by atoms with Crippen LogP contribution in [0.2, 0.25) is 0 Å². The molecule has 2 aromatic rings. The fourth-order valence-electron chi connectivity index (χ4n) is 1.63. The molecule has 1 heterocycles. The Morgan fingerprint density at radius 3 is 2.61 bits per heavy atom. The summed E-state index contributed by atoms with van der Waals surface area (Å²) >= 11 is 0. The van der Waals surface area contributed by atoms with Gasteiger partial charge in [-0.25, -0.2) is 4.98 Å². The summed E-state index contributed by atoms with van der Waals surface area (Å²) in [6.07, 6.45) is 1.78. The van der Waals surface area contributed by atoms with Crippen LogP contribution in [0.5, 0.6) is 0 Å². The van der Waals surface area contributed by atoms with E-state index >= 15 is 0 Å². The first kappa shape index (κ1) is 12.3. The summed E-state index contributed by atoms with van der Waals surface area (Å²) in [7, 11) is 0. The summed E-state index contributed by atoms with van der Waals surface area (Å²) in [6, 6.07) is 6.48. The molecule has 5 heteroatoms. The molecule has 0 aliphatic heterocycles. The number of benzene rings is 1. The average Bonchev–Trinajstić information content (AvgIpc) is 2.78. The van der Waals surface area contributed by atoms with Gasteiger partial charge < -0.3 is 4.98 Å². The molecule has 0 spiro atoms. The quantitative estimate of drug-likeness (QED) is 0.651. The first-order valence-electron chi connectivity index (χ1n) is 5.68. The number of nitro groups is 1. The Morgan fingerprint density at radius 2 is 2.06 bits per heavy atom. The summed E-state index contributed by atoms with van der Waals surface area (Å²) in [6.45, 7) is 6.18. The highest BCUT2D eigenvalue weighted by Gasteiger charge is 2.18. The monoisotopic (exact) mass is 245 g/mol. The van der Waals surface area contributed by atoms with Crippen LogP contribution < -0.4 is 0 Å². The van der Waals surface area contributed by atoms with Gasteiger partial charge in [0.2, 0.25) is 0 Å². The van der Waals surface area contributed by atoms with Crippen molar-refractivity contribution in [2.75, 3.05) is 0 Å². The maximum absolute atomic E-state index is 10.7. The number of nitrogens with zero attached hydrogens (tertiary/aromatic N) is 2. The minimum absolute atomic E-state index is 0.0705. The number of hydrogen-bond acceptors (Lipinski definition) is 3. The second kappa shape index (κ2) is 4.25. The molecule has 0 unspecified atom stereocenters. The molecular weight excluding hydrogens is 230 g/mol. The van der Waals surface area contributed by atoms with E-state index in [9.17, 15) is 10.1 Å². The lowest BCUT2D eigenvalue weighted by Gasteiger charge is -2.13. The second-order valence-electron chi connectivity index (χ2n) is 5.19. The van der Waals surface area contributed by atoms with Crippen molar-refractivity contribution in [2.45, 2.75) is 26.2 Å². The van der Waals surface area contributed by atoms with Gasteiger partial charge in [-0.15, -0.1) is 0 Å². The fourth-order valence-corrected chi connectivity index (χ4v) is 1.63. The number of aromatic nitrogens is 2. The number of aromatic amines is 1. The fraction of sp³-hybridized carbons (Fsp3) is 0.308. The van der Waals surface area contributed by atoms with Crippen LogP contribution in [0.3, 0.4) is 0 Å². The maximum atomic E-state index is 10.7. The van der Waals surface area contributed by atoms with Crippen LogP contribution in [0, 0.1) is 10.1 Å². The second-order valence-corrected chi connectivity index (χ2v) is 5.19. The lowest BCUT2D eigenvalue weighted by atomic mass is 9.96. The number of H-pyrrole nitrogens is 1. The normalized spacial score (nSPS) is 11.5. The highest BCUT2D eigenvalue weighted by Crippen LogP contribution is 2.25. The highest BCUT2D eigenvalue weighted by molar-refractivity contribution is 5.62. The van der Waals surface area contributed by atoms with Crippen molar-refractivity contribution in [2.24, 2.45) is 0 Å². The van der Waals surface area contributed by atoms with Crippen LogP contribution >= 0.6 is 0 Å². The van der Waals surface area contributed by atoms with E-state index in [1.54, 1.807) is 12.3 Å². The van der Waals surface area contributed by atoms with E-state index in [0.29, 0.717) is 0 Å². The van der Waals surface area contributed by atoms with Gasteiger partial charge in [-0.05, 0) is 0 Å². The maximum Gasteiger partial charge on any atom is 0.270 e. The smallest absolute Gasteiger partial charge is 0.270 e. The van der Waals surface area contributed by atoms with Crippen LogP contribution in [-0.2, 0) is 5.41 Å². The Bertz CT molecular complexity index is 582. The van der Waals surface area contributed by atoms with E-state index in [4.69, 9.17) is 0 Å². The number of nitrogens with one attached hydrogen (secondary N) is 1. The minimum Gasteiger partial charge on any atom is -0.348 e. The standard InChI is InChI=1S/C13H15N3O2/c1-13(2,3)12-14-8-11(15-12)9-5-4-6-10(7-9)16(17)18/h4-8H,1-3H3,(H,14,15). The van der Waals surface area contributed by atoms with Crippen LogP contribution in [0.4, 0.5) is 5.69 Å². The highest BCUT2D eigenvalue weighted by atomic mass is 16.6. The van der Waals surface area contributed by atoms with Crippen molar-refractivity contribution in [1.82, 2.24) is 9.97 Å². The summed E-state index contributed by atoms with van der Waals surface area (Å²) < 4.78 is 0. The largest absolute Gasteiger partial charge is 0.348 e. The van der Waals surface area contributed by atoms with E-state index in [1.807, 2.05) is 6.07 Å². The molecule has 1 aromatic heterocycles. The van der Waals surface area contributed by atoms with Crippen LogP contribution in [0.1, 0.15) is 26.6 Å². The third-order valence-electron chi connectivity index (χ3n) is 2.64. The molecular formula is C13H15N3O2. The third kappa shape index (κ3) is 2.40. The molecule has 0 amide bonds. The van der Waals surface area contributed by atoms with Gasteiger partial charge in [0, 0.05) is 29.3 Å². The van der Waals surface area contributed by atoms with Gasteiger partial charge in [0.25, 0.3) is 5.69 Å². The first-order valence-corrected chi connectivity index (χ1v) is 5.68. The molecule has 0 atom stereocenters. The molecule has 0 saturated carbocycles. The topological polar surface area (TPSA) is 71.8 Å². The van der Waals surface area contributed by atoms with Crippen molar-refractivity contribution in [3.8, 4) is 11.3 Å². The summed E-state index contributed by atoms with van der Waals surface area (Å²) in [5, 5.41) is 10.7. The molecule has 0 saturated heterocycles. The molecule has 0 aliphatic rings. The minimum atomic E-state index is -0.402. The van der Waals surface area contributed by atoms with Gasteiger partial charge in [0.1, 0.15) is 5.82 Å². The number of imidazole rings is 1. The number of rotatable bonds is 2. The molecule has 0 aliphatic carbocycles. The van der Waals surface area contributed by atoms with Crippen molar-refractivity contribution in [3.63, 3.8) is 0 Å². The molecule has 0 bridgehead atoms. The Hall–Kier alpha value is -2.17.